The maximum absolute atomic E-state index is 13.4. The Morgan fingerprint density at radius 2 is 1.84 bits per heavy atom. The Balaban J connectivity index is 1.76. The van der Waals surface area contributed by atoms with E-state index >= 15 is 0 Å². The van der Waals surface area contributed by atoms with Gasteiger partial charge in [0.15, 0.2) is 0 Å². The smallest absolute Gasteiger partial charge is 0.131 e. The van der Waals surface area contributed by atoms with E-state index in [9.17, 15) is 13.9 Å². The largest absolute Gasteiger partial charge is 0.387 e. The third kappa shape index (κ3) is 3.96. The summed E-state index contributed by atoms with van der Waals surface area (Å²) in [5, 5.41) is 12.9. The van der Waals surface area contributed by atoms with Gasteiger partial charge < -0.3 is 15.3 Å². The van der Waals surface area contributed by atoms with Crippen LogP contribution in [0.1, 0.15) is 24.5 Å². The van der Waals surface area contributed by atoms with Crippen LogP contribution in [-0.4, -0.2) is 42.7 Å². The van der Waals surface area contributed by atoms with Crippen LogP contribution >= 0.6 is 0 Å². The fourth-order valence-corrected chi connectivity index (χ4v) is 2.41. The quantitative estimate of drug-likeness (QED) is 0.772. The van der Waals surface area contributed by atoms with Gasteiger partial charge >= 0.3 is 0 Å². The van der Waals surface area contributed by atoms with Crippen LogP contribution in [-0.2, 0) is 0 Å². The van der Waals surface area contributed by atoms with E-state index < -0.39 is 17.7 Å². The lowest BCUT2D eigenvalue weighted by atomic mass is 10.1. The van der Waals surface area contributed by atoms with Gasteiger partial charge in [-0.15, -0.1) is 0 Å². The Bertz CT molecular complexity index is 388. The standard InChI is InChI=1S/C14H20F2N2O/c15-11-4-3-5-12(16)14(11)13(19)10-17-6-9-18-7-1-2-8-18/h3-5,13,17,19H,1-2,6-10H2. The molecule has 1 saturated heterocycles. The first-order chi connectivity index (χ1) is 9.18. The predicted molar refractivity (Wildman–Crippen MR) is 69.9 cm³/mol. The van der Waals surface area contributed by atoms with Gasteiger partial charge in [0.05, 0.1) is 11.7 Å². The van der Waals surface area contributed by atoms with Crippen molar-refractivity contribution < 1.29 is 13.9 Å². The number of aliphatic hydroxyl groups excluding tert-OH is 1. The maximum atomic E-state index is 13.4. The second-order valence-corrected chi connectivity index (χ2v) is 4.90. The van der Waals surface area contributed by atoms with Crippen LogP contribution in [0.5, 0.6) is 0 Å². The Kier molecular flexibility index (Phi) is 5.24. The monoisotopic (exact) mass is 270 g/mol. The predicted octanol–water partition coefficient (Wildman–Crippen LogP) is 1.68. The molecule has 1 fully saturated rings. The molecular weight excluding hydrogens is 250 g/mol. The molecule has 2 rings (SSSR count). The number of aliphatic hydroxyl groups is 1. The zero-order chi connectivity index (χ0) is 13.7. The molecule has 1 aliphatic rings. The zero-order valence-corrected chi connectivity index (χ0v) is 10.9. The topological polar surface area (TPSA) is 35.5 Å². The fourth-order valence-electron chi connectivity index (χ4n) is 2.41. The highest BCUT2D eigenvalue weighted by molar-refractivity contribution is 5.22. The summed E-state index contributed by atoms with van der Waals surface area (Å²) < 4.78 is 26.8. The minimum absolute atomic E-state index is 0.158. The molecule has 0 aromatic heterocycles. The Labute approximate surface area is 112 Å². The molecule has 1 aromatic rings. The maximum Gasteiger partial charge on any atom is 0.131 e. The van der Waals surface area contributed by atoms with Gasteiger partial charge in [-0.2, -0.15) is 0 Å². The average Bonchev–Trinajstić information content (AvgIpc) is 2.87. The average molecular weight is 270 g/mol. The van der Waals surface area contributed by atoms with Gasteiger partial charge in [0, 0.05) is 19.6 Å². The van der Waals surface area contributed by atoms with E-state index in [1.807, 2.05) is 0 Å². The van der Waals surface area contributed by atoms with Gasteiger partial charge in [0.25, 0.3) is 0 Å². The first-order valence-corrected chi connectivity index (χ1v) is 6.73. The Morgan fingerprint density at radius 1 is 1.21 bits per heavy atom. The number of hydrogen-bond acceptors (Lipinski definition) is 3. The lowest BCUT2D eigenvalue weighted by molar-refractivity contribution is 0.163. The molecule has 106 valence electrons. The van der Waals surface area contributed by atoms with Crippen LogP contribution in [0.3, 0.4) is 0 Å². The molecule has 0 radical (unpaired) electrons. The van der Waals surface area contributed by atoms with Crippen LogP contribution in [0.15, 0.2) is 18.2 Å². The van der Waals surface area contributed by atoms with E-state index in [2.05, 4.69) is 10.2 Å². The van der Waals surface area contributed by atoms with Gasteiger partial charge in [-0.25, -0.2) is 8.78 Å². The molecule has 0 amide bonds. The van der Waals surface area contributed by atoms with Crippen LogP contribution in [0.25, 0.3) is 0 Å². The first-order valence-electron chi connectivity index (χ1n) is 6.73. The summed E-state index contributed by atoms with van der Waals surface area (Å²) in [5.74, 6) is -1.40. The van der Waals surface area contributed by atoms with Crippen molar-refractivity contribution in [3.8, 4) is 0 Å². The summed E-state index contributed by atoms with van der Waals surface area (Å²) >= 11 is 0. The van der Waals surface area contributed by atoms with Crippen LogP contribution in [0.2, 0.25) is 0 Å². The third-order valence-corrected chi connectivity index (χ3v) is 3.47. The van der Waals surface area contributed by atoms with Crippen molar-refractivity contribution in [2.45, 2.75) is 18.9 Å². The van der Waals surface area contributed by atoms with Crippen molar-refractivity contribution in [1.82, 2.24) is 10.2 Å². The minimum atomic E-state index is -1.15. The van der Waals surface area contributed by atoms with Gasteiger partial charge in [-0.1, -0.05) is 6.07 Å². The van der Waals surface area contributed by atoms with Crippen molar-refractivity contribution in [3.05, 3.63) is 35.4 Å². The van der Waals surface area contributed by atoms with E-state index in [0.29, 0.717) is 6.54 Å². The molecule has 1 unspecified atom stereocenters. The molecule has 5 heteroatoms. The van der Waals surface area contributed by atoms with Crippen molar-refractivity contribution >= 4 is 0 Å². The Morgan fingerprint density at radius 3 is 2.47 bits per heavy atom. The first kappa shape index (κ1) is 14.4. The van der Waals surface area contributed by atoms with Crippen molar-refractivity contribution in [3.63, 3.8) is 0 Å². The second-order valence-electron chi connectivity index (χ2n) is 4.90. The van der Waals surface area contributed by atoms with Crippen LogP contribution < -0.4 is 5.32 Å². The summed E-state index contributed by atoms with van der Waals surface area (Å²) in [5.41, 5.74) is -0.254. The van der Waals surface area contributed by atoms with Crippen LogP contribution in [0.4, 0.5) is 8.78 Å². The molecule has 1 heterocycles. The number of benzene rings is 1. The lowest BCUT2D eigenvalue weighted by Gasteiger charge is -2.17. The molecule has 1 aromatic carbocycles. The lowest BCUT2D eigenvalue weighted by Crippen LogP contribution is -2.32. The van der Waals surface area contributed by atoms with E-state index in [0.717, 1.165) is 31.8 Å². The number of nitrogens with one attached hydrogen (secondary N) is 1. The highest BCUT2D eigenvalue weighted by Gasteiger charge is 2.17. The molecule has 0 aliphatic carbocycles. The number of halogens is 2. The van der Waals surface area contributed by atoms with E-state index in [-0.39, 0.29) is 12.1 Å². The van der Waals surface area contributed by atoms with Gasteiger partial charge in [-0.3, -0.25) is 0 Å². The summed E-state index contributed by atoms with van der Waals surface area (Å²) in [4.78, 5) is 2.34. The molecule has 0 spiro atoms. The SMILES string of the molecule is OC(CNCCN1CCCC1)c1c(F)cccc1F. The molecule has 0 saturated carbocycles. The molecule has 1 atom stereocenters. The normalized spacial score (nSPS) is 17.8. The molecule has 2 N–H and O–H groups in total. The molecular formula is C14H20F2N2O. The molecule has 3 nitrogen and oxygen atoms in total. The summed E-state index contributed by atoms with van der Waals surface area (Å²) in [6.45, 7) is 4.02. The highest BCUT2D eigenvalue weighted by Crippen LogP contribution is 2.19. The molecule has 19 heavy (non-hydrogen) atoms. The molecule has 0 bridgehead atoms. The number of nitrogens with zero attached hydrogens (tertiary/aromatic N) is 1. The zero-order valence-electron chi connectivity index (χ0n) is 10.9. The van der Waals surface area contributed by atoms with Gasteiger partial charge in [-0.05, 0) is 38.1 Å². The van der Waals surface area contributed by atoms with Crippen molar-refractivity contribution in [2.24, 2.45) is 0 Å². The Hall–Kier alpha value is -1.04. The summed E-state index contributed by atoms with van der Waals surface area (Å²) in [7, 11) is 0. The number of hydrogen-bond donors (Lipinski definition) is 2. The molecule has 1 aliphatic heterocycles. The summed E-state index contributed by atoms with van der Waals surface area (Å²) in [6, 6.07) is 3.61. The van der Waals surface area contributed by atoms with E-state index in [4.69, 9.17) is 0 Å². The van der Waals surface area contributed by atoms with Crippen molar-refractivity contribution in [2.75, 3.05) is 32.7 Å². The number of rotatable bonds is 6. The van der Waals surface area contributed by atoms with Gasteiger partial charge in [0.2, 0.25) is 0 Å². The van der Waals surface area contributed by atoms with E-state index in [1.54, 1.807) is 0 Å². The fraction of sp³-hybridized carbons (Fsp3) is 0.571. The minimum Gasteiger partial charge on any atom is -0.387 e. The van der Waals surface area contributed by atoms with E-state index in [1.165, 1.54) is 18.9 Å². The van der Waals surface area contributed by atoms with Crippen LogP contribution in [0, 0.1) is 11.6 Å². The highest BCUT2D eigenvalue weighted by atomic mass is 19.1. The van der Waals surface area contributed by atoms with Gasteiger partial charge in [0.1, 0.15) is 11.6 Å². The number of likely N-dealkylation sites (tertiary alicyclic amines) is 1. The van der Waals surface area contributed by atoms with Crippen molar-refractivity contribution in [1.29, 1.82) is 0 Å². The second kappa shape index (κ2) is 6.93. The third-order valence-electron chi connectivity index (χ3n) is 3.47. The summed E-state index contributed by atoms with van der Waals surface area (Å²) in [6.07, 6.45) is 1.33.